The van der Waals surface area contributed by atoms with Crippen LogP contribution in [0.15, 0.2) is 23.9 Å². The summed E-state index contributed by atoms with van der Waals surface area (Å²) >= 11 is 0. The fourth-order valence-corrected chi connectivity index (χ4v) is 3.30. The molecule has 3 rings (SSSR count). The SMILES string of the molecule is CCOC(=O)C1=CN2C(C)Cc3cc(F)c(F)cc3C2CC1=O. The Morgan fingerprint density at radius 3 is 2.70 bits per heavy atom. The maximum absolute atomic E-state index is 13.6. The third kappa shape index (κ3) is 2.62. The second-order valence-corrected chi connectivity index (χ2v) is 5.87. The summed E-state index contributed by atoms with van der Waals surface area (Å²) in [5.41, 5.74) is 1.33. The van der Waals surface area contributed by atoms with Gasteiger partial charge in [-0.05, 0) is 43.5 Å². The van der Waals surface area contributed by atoms with Crippen LogP contribution in [0.1, 0.15) is 37.4 Å². The van der Waals surface area contributed by atoms with E-state index in [9.17, 15) is 18.4 Å². The highest BCUT2D eigenvalue weighted by Crippen LogP contribution is 2.40. The first-order valence-electron chi connectivity index (χ1n) is 7.59. The molecule has 0 aromatic heterocycles. The quantitative estimate of drug-likeness (QED) is 0.621. The maximum Gasteiger partial charge on any atom is 0.343 e. The summed E-state index contributed by atoms with van der Waals surface area (Å²) in [6, 6.07) is 1.95. The van der Waals surface area contributed by atoms with Crippen LogP contribution in [-0.2, 0) is 20.7 Å². The predicted octanol–water partition coefficient (Wildman–Crippen LogP) is 2.67. The molecule has 23 heavy (non-hydrogen) atoms. The molecule has 0 amide bonds. The van der Waals surface area contributed by atoms with Gasteiger partial charge in [0.25, 0.3) is 0 Å². The molecule has 0 saturated carbocycles. The number of rotatable bonds is 2. The van der Waals surface area contributed by atoms with Crippen LogP contribution >= 0.6 is 0 Å². The first-order chi connectivity index (χ1) is 10.9. The van der Waals surface area contributed by atoms with Gasteiger partial charge < -0.3 is 9.64 Å². The summed E-state index contributed by atoms with van der Waals surface area (Å²) in [7, 11) is 0. The number of carbonyl (C=O) groups is 2. The van der Waals surface area contributed by atoms with Crippen molar-refractivity contribution < 1.29 is 23.1 Å². The van der Waals surface area contributed by atoms with Crippen molar-refractivity contribution in [1.29, 1.82) is 0 Å². The Morgan fingerprint density at radius 2 is 2.00 bits per heavy atom. The molecule has 0 aliphatic carbocycles. The van der Waals surface area contributed by atoms with Gasteiger partial charge in [0.15, 0.2) is 17.4 Å². The number of carbonyl (C=O) groups excluding carboxylic acids is 2. The molecule has 0 spiro atoms. The molecule has 2 heterocycles. The van der Waals surface area contributed by atoms with Gasteiger partial charge in [-0.15, -0.1) is 0 Å². The first-order valence-corrected chi connectivity index (χ1v) is 7.59. The Bertz CT molecular complexity index is 714. The number of esters is 1. The lowest BCUT2D eigenvalue weighted by Crippen LogP contribution is -2.43. The number of nitrogens with zero attached hydrogens (tertiary/aromatic N) is 1. The minimum Gasteiger partial charge on any atom is -0.462 e. The van der Waals surface area contributed by atoms with Gasteiger partial charge in [-0.3, -0.25) is 4.79 Å². The molecule has 6 heteroatoms. The molecule has 4 nitrogen and oxygen atoms in total. The Labute approximate surface area is 132 Å². The monoisotopic (exact) mass is 321 g/mol. The van der Waals surface area contributed by atoms with Gasteiger partial charge >= 0.3 is 5.97 Å². The van der Waals surface area contributed by atoms with Crippen molar-refractivity contribution in [2.24, 2.45) is 0 Å². The van der Waals surface area contributed by atoms with Gasteiger partial charge in [-0.1, -0.05) is 0 Å². The van der Waals surface area contributed by atoms with Gasteiger partial charge in [0.2, 0.25) is 0 Å². The van der Waals surface area contributed by atoms with Crippen molar-refractivity contribution in [3.05, 3.63) is 46.7 Å². The third-order valence-electron chi connectivity index (χ3n) is 4.38. The molecule has 0 bridgehead atoms. The zero-order chi connectivity index (χ0) is 16.7. The lowest BCUT2D eigenvalue weighted by Gasteiger charge is -2.43. The molecule has 2 aliphatic rings. The van der Waals surface area contributed by atoms with Gasteiger partial charge in [0, 0.05) is 18.7 Å². The van der Waals surface area contributed by atoms with Crippen LogP contribution in [0.25, 0.3) is 0 Å². The highest BCUT2D eigenvalue weighted by Gasteiger charge is 2.38. The largest absolute Gasteiger partial charge is 0.462 e. The Morgan fingerprint density at radius 1 is 1.30 bits per heavy atom. The summed E-state index contributed by atoms with van der Waals surface area (Å²) < 4.78 is 32.0. The number of fused-ring (bicyclic) bond motifs is 3. The molecule has 0 N–H and O–H groups in total. The highest BCUT2D eigenvalue weighted by atomic mass is 19.2. The summed E-state index contributed by atoms with van der Waals surface area (Å²) in [6.07, 6.45) is 2.07. The molecule has 2 aliphatic heterocycles. The lowest BCUT2D eigenvalue weighted by atomic mass is 9.83. The number of hydrogen-bond donors (Lipinski definition) is 0. The summed E-state index contributed by atoms with van der Waals surface area (Å²) in [4.78, 5) is 26.0. The highest BCUT2D eigenvalue weighted by molar-refractivity contribution is 6.17. The van der Waals surface area contributed by atoms with Crippen molar-refractivity contribution in [1.82, 2.24) is 4.90 Å². The maximum atomic E-state index is 13.6. The average Bonchev–Trinajstić information content (AvgIpc) is 2.49. The fraction of sp³-hybridized carbons (Fsp3) is 0.412. The third-order valence-corrected chi connectivity index (χ3v) is 4.38. The zero-order valence-electron chi connectivity index (χ0n) is 12.9. The molecule has 0 saturated heterocycles. The van der Waals surface area contributed by atoms with Crippen LogP contribution in [0.3, 0.4) is 0 Å². The molecular formula is C17H17F2NO3. The average molecular weight is 321 g/mol. The van der Waals surface area contributed by atoms with E-state index in [1.54, 1.807) is 6.92 Å². The van der Waals surface area contributed by atoms with Crippen molar-refractivity contribution in [2.75, 3.05) is 6.61 Å². The molecule has 1 aromatic carbocycles. The van der Waals surface area contributed by atoms with Crippen LogP contribution < -0.4 is 0 Å². The number of hydrogen-bond acceptors (Lipinski definition) is 4. The standard InChI is InChI=1S/C17H17F2NO3/c1-3-23-17(22)12-8-20-9(2)4-10-5-13(18)14(19)6-11(10)15(20)7-16(12)21/h5-6,8-9,15H,3-4,7H2,1-2H3. The molecular weight excluding hydrogens is 304 g/mol. The summed E-state index contributed by atoms with van der Waals surface area (Å²) in [6.45, 7) is 3.79. The van der Waals surface area contributed by atoms with E-state index >= 15 is 0 Å². The first kappa shape index (κ1) is 15.6. The summed E-state index contributed by atoms with van der Waals surface area (Å²) in [5.74, 6) is -2.78. The van der Waals surface area contributed by atoms with Crippen LogP contribution in [0.4, 0.5) is 8.78 Å². The second kappa shape index (κ2) is 5.76. The van der Waals surface area contributed by atoms with Gasteiger partial charge in [-0.25, -0.2) is 13.6 Å². The van der Waals surface area contributed by atoms with Crippen molar-refractivity contribution >= 4 is 11.8 Å². The molecule has 0 radical (unpaired) electrons. The number of ketones is 1. The van der Waals surface area contributed by atoms with E-state index in [0.717, 1.165) is 6.07 Å². The van der Waals surface area contributed by atoms with Crippen LogP contribution in [0, 0.1) is 11.6 Å². The number of ether oxygens (including phenoxy) is 1. The molecule has 122 valence electrons. The van der Waals surface area contributed by atoms with Crippen molar-refractivity contribution in [3.63, 3.8) is 0 Å². The van der Waals surface area contributed by atoms with E-state index < -0.39 is 17.6 Å². The van der Waals surface area contributed by atoms with Gasteiger partial charge in [-0.2, -0.15) is 0 Å². The van der Waals surface area contributed by atoms with E-state index in [-0.39, 0.29) is 36.5 Å². The fourth-order valence-electron chi connectivity index (χ4n) is 3.30. The zero-order valence-corrected chi connectivity index (χ0v) is 12.9. The Hall–Kier alpha value is -2.24. The molecule has 1 aromatic rings. The number of benzene rings is 1. The van der Waals surface area contributed by atoms with Crippen molar-refractivity contribution in [3.8, 4) is 0 Å². The second-order valence-electron chi connectivity index (χ2n) is 5.87. The normalized spacial score (nSPS) is 23.0. The topological polar surface area (TPSA) is 46.6 Å². The van der Waals surface area contributed by atoms with Crippen LogP contribution in [-0.4, -0.2) is 29.3 Å². The smallest absolute Gasteiger partial charge is 0.343 e. The van der Waals surface area contributed by atoms with E-state index in [1.165, 1.54) is 12.3 Å². The van der Waals surface area contributed by atoms with Gasteiger partial charge in [0.1, 0.15) is 5.57 Å². The predicted molar refractivity (Wildman–Crippen MR) is 78.4 cm³/mol. The van der Waals surface area contributed by atoms with Gasteiger partial charge in [0.05, 0.1) is 12.6 Å². The van der Waals surface area contributed by atoms with Crippen molar-refractivity contribution in [2.45, 2.75) is 38.8 Å². The molecule has 0 fully saturated rings. The Balaban J connectivity index is 2.02. The minimum absolute atomic E-state index is 0.0148. The van der Waals surface area contributed by atoms with E-state index in [2.05, 4.69) is 0 Å². The lowest BCUT2D eigenvalue weighted by molar-refractivity contribution is -0.140. The minimum atomic E-state index is -0.925. The van der Waals surface area contributed by atoms with Crippen LogP contribution in [0.5, 0.6) is 0 Å². The molecule has 2 unspecified atom stereocenters. The van der Waals surface area contributed by atoms with E-state index in [4.69, 9.17) is 4.74 Å². The van der Waals surface area contributed by atoms with Crippen LogP contribution in [0.2, 0.25) is 0 Å². The van der Waals surface area contributed by atoms with E-state index in [0.29, 0.717) is 17.5 Å². The summed E-state index contributed by atoms with van der Waals surface area (Å²) in [5, 5.41) is 0. The molecule has 2 atom stereocenters. The Kier molecular flexibility index (Phi) is 3.92. The number of halogens is 2. The van der Waals surface area contributed by atoms with E-state index in [1.807, 2.05) is 11.8 Å². The number of Topliss-reactive ketones (excluding diaryl/α,β-unsaturated/α-hetero) is 1.